The quantitative estimate of drug-likeness (QED) is 0.271. The summed E-state index contributed by atoms with van der Waals surface area (Å²) in [6.45, 7) is 3.42. The molecule has 0 radical (unpaired) electrons. The molecule has 0 aliphatic carbocycles. The maximum atomic E-state index is 10.9. The van der Waals surface area contributed by atoms with E-state index >= 15 is 0 Å². The van der Waals surface area contributed by atoms with E-state index in [0.29, 0.717) is 11.9 Å². The van der Waals surface area contributed by atoms with Crippen molar-refractivity contribution >= 4 is 12.3 Å². The van der Waals surface area contributed by atoms with Crippen LogP contribution in [0.15, 0.2) is 36.5 Å². The number of esters is 1. The van der Waals surface area contributed by atoms with Gasteiger partial charge in [-0.3, -0.25) is 4.79 Å². The minimum absolute atomic E-state index is 0.315. The lowest BCUT2D eigenvalue weighted by Gasteiger charge is -1.95. The lowest BCUT2D eigenvalue weighted by Crippen LogP contribution is -2.01. The molecule has 0 aromatic carbocycles. The summed E-state index contributed by atoms with van der Waals surface area (Å²) in [5.41, 5.74) is 0.315. The van der Waals surface area contributed by atoms with Gasteiger partial charge in [-0.1, -0.05) is 18.7 Å². The first-order chi connectivity index (χ1) is 5.76. The minimum Gasteiger partial charge on any atom is -0.465 e. The van der Waals surface area contributed by atoms with Crippen LogP contribution in [-0.2, 0) is 14.3 Å². The van der Waals surface area contributed by atoms with Crippen LogP contribution >= 0.6 is 0 Å². The molecular formula is C9H10O3. The van der Waals surface area contributed by atoms with Gasteiger partial charge in [0.25, 0.3) is 0 Å². The number of allylic oxidation sites excluding steroid dienone is 3. The third-order valence-electron chi connectivity index (χ3n) is 1.11. The van der Waals surface area contributed by atoms with Gasteiger partial charge in [0.2, 0.25) is 0 Å². The summed E-state index contributed by atoms with van der Waals surface area (Å²) in [6, 6.07) is 0. The van der Waals surface area contributed by atoms with E-state index in [2.05, 4.69) is 11.3 Å². The van der Waals surface area contributed by atoms with E-state index < -0.39 is 5.97 Å². The normalized spacial score (nSPS) is 11.2. The Hall–Kier alpha value is -1.64. The largest absolute Gasteiger partial charge is 0.465 e. The highest BCUT2D eigenvalue weighted by molar-refractivity contribution is 5.91. The van der Waals surface area contributed by atoms with Crippen LogP contribution in [0.1, 0.15) is 0 Å². The second-order valence-corrected chi connectivity index (χ2v) is 1.84. The van der Waals surface area contributed by atoms with E-state index in [0.717, 1.165) is 0 Å². The highest BCUT2D eigenvalue weighted by Crippen LogP contribution is 1.98. The van der Waals surface area contributed by atoms with Crippen molar-refractivity contribution in [1.82, 2.24) is 0 Å². The van der Waals surface area contributed by atoms with Crippen molar-refractivity contribution in [2.24, 2.45) is 0 Å². The monoisotopic (exact) mass is 166 g/mol. The van der Waals surface area contributed by atoms with Crippen LogP contribution in [0.3, 0.4) is 0 Å². The summed E-state index contributed by atoms with van der Waals surface area (Å²) >= 11 is 0. The molecule has 0 aliphatic rings. The molecule has 0 aromatic heterocycles. The smallest absolute Gasteiger partial charge is 0.337 e. The molecule has 0 aliphatic heterocycles. The molecular weight excluding hydrogens is 156 g/mol. The molecule has 0 aromatic rings. The van der Waals surface area contributed by atoms with Crippen LogP contribution in [0.25, 0.3) is 0 Å². The van der Waals surface area contributed by atoms with Crippen molar-refractivity contribution in [3.8, 4) is 0 Å². The predicted octanol–water partition coefficient (Wildman–Crippen LogP) is 1.03. The van der Waals surface area contributed by atoms with E-state index in [9.17, 15) is 9.59 Å². The SMILES string of the molecule is C=C/C(=C\C=C\C=O)C(=O)OC. The third kappa shape index (κ3) is 3.51. The highest BCUT2D eigenvalue weighted by Gasteiger charge is 2.01. The number of rotatable bonds is 4. The molecule has 0 heterocycles. The lowest BCUT2D eigenvalue weighted by atomic mass is 10.2. The van der Waals surface area contributed by atoms with Crippen LogP contribution in [0.2, 0.25) is 0 Å². The third-order valence-corrected chi connectivity index (χ3v) is 1.11. The van der Waals surface area contributed by atoms with Crippen LogP contribution in [0, 0.1) is 0 Å². The topological polar surface area (TPSA) is 43.4 Å². The molecule has 0 N–H and O–H groups in total. The summed E-state index contributed by atoms with van der Waals surface area (Å²) in [4.78, 5) is 20.7. The van der Waals surface area contributed by atoms with Gasteiger partial charge in [-0.05, 0) is 12.2 Å². The molecule has 0 atom stereocenters. The Bertz CT molecular complexity index is 236. The number of aldehydes is 1. The van der Waals surface area contributed by atoms with Crippen LogP contribution in [0.4, 0.5) is 0 Å². The fourth-order valence-corrected chi connectivity index (χ4v) is 0.542. The van der Waals surface area contributed by atoms with Crippen LogP contribution in [-0.4, -0.2) is 19.4 Å². The van der Waals surface area contributed by atoms with Gasteiger partial charge in [-0.2, -0.15) is 0 Å². The van der Waals surface area contributed by atoms with Crippen molar-refractivity contribution in [2.75, 3.05) is 7.11 Å². The maximum absolute atomic E-state index is 10.9. The average Bonchev–Trinajstić information content (AvgIpc) is 2.11. The first-order valence-electron chi connectivity index (χ1n) is 3.29. The number of carbonyl (C=O) groups excluding carboxylic acids is 2. The van der Waals surface area contributed by atoms with Crippen molar-refractivity contribution in [1.29, 1.82) is 0 Å². The fraction of sp³-hybridized carbons (Fsp3) is 0.111. The number of hydrogen-bond donors (Lipinski definition) is 0. The summed E-state index contributed by atoms with van der Waals surface area (Å²) in [5, 5.41) is 0. The van der Waals surface area contributed by atoms with Crippen molar-refractivity contribution in [3.05, 3.63) is 36.5 Å². The van der Waals surface area contributed by atoms with E-state index in [4.69, 9.17) is 0 Å². The number of hydrogen-bond acceptors (Lipinski definition) is 3. The van der Waals surface area contributed by atoms with Gasteiger partial charge in [0, 0.05) is 0 Å². The molecule has 64 valence electrons. The molecule has 0 bridgehead atoms. The van der Waals surface area contributed by atoms with Crippen LogP contribution < -0.4 is 0 Å². The number of carbonyl (C=O) groups is 2. The maximum Gasteiger partial charge on any atom is 0.337 e. The molecule has 12 heavy (non-hydrogen) atoms. The van der Waals surface area contributed by atoms with E-state index in [1.165, 1.54) is 31.4 Å². The molecule has 0 saturated heterocycles. The summed E-state index contributed by atoms with van der Waals surface area (Å²) in [6.07, 6.45) is 6.15. The molecule has 0 rings (SSSR count). The fourth-order valence-electron chi connectivity index (χ4n) is 0.542. The van der Waals surface area contributed by atoms with Crippen molar-refractivity contribution in [3.63, 3.8) is 0 Å². The molecule has 3 nitrogen and oxygen atoms in total. The minimum atomic E-state index is -0.472. The standard InChI is InChI=1S/C9H10O3/c1-3-8(9(11)12-2)6-4-5-7-10/h3-7H,1H2,2H3/b5-4+,8-6+. The van der Waals surface area contributed by atoms with Gasteiger partial charge in [0.1, 0.15) is 6.29 Å². The highest BCUT2D eigenvalue weighted by atomic mass is 16.5. The zero-order chi connectivity index (χ0) is 9.40. The molecule has 0 unspecified atom stereocenters. The number of ether oxygens (including phenoxy) is 1. The Kier molecular flexibility index (Phi) is 5.26. The Morgan fingerprint density at radius 1 is 1.42 bits per heavy atom. The molecule has 3 heteroatoms. The summed E-state index contributed by atoms with van der Waals surface area (Å²) in [7, 11) is 1.28. The Labute approximate surface area is 71.0 Å². The van der Waals surface area contributed by atoms with E-state index in [1.807, 2.05) is 0 Å². The Balaban J connectivity index is 4.42. The first kappa shape index (κ1) is 10.4. The zero-order valence-electron chi connectivity index (χ0n) is 6.82. The second-order valence-electron chi connectivity index (χ2n) is 1.84. The van der Waals surface area contributed by atoms with E-state index in [1.54, 1.807) is 0 Å². The van der Waals surface area contributed by atoms with Gasteiger partial charge in [0.15, 0.2) is 0 Å². The van der Waals surface area contributed by atoms with Crippen molar-refractivity contribution in [2.45, 2.75) is 0 Å². The Morgan fingerprint density at radius 2 is 2.08 bits per heavy atom. The van der Waals surface area contributed by atoms with Crippen LogP contribution in [0.5, 0.6) is 0 Å². The molecule has 0 saturated carbocycles. The average molecular weight is 166 g/mol. The zero-order valence-corrected chi connectivity index (χ0v) is 6.82. The van der Waals surface area contributed by atoms with Gasteiger partial charge < -0.3 is 4.74 Å². The molecule has 0 spiro atoms. The van der Waals surface area contributed by atoms with Gasteiger partial charge in [-0.25, -0.2) is 4.79 Å². The summed E-state index contributed by atoms with van der Waals surface area (Å²) in [5.74, 6) is -0.472. The predicted molar refractivity (Wildman–Crippen MR) is 45.5 cm³/mol. The number of methoxy groups -OCH3 is 1. The Morgan fingerprint density at radius 3 is 2.50 bits per heavy atom. The van der Waals surface area contributed by atoms with Crippen molar-refractivity contribution < 1.29 is 14.3 Å². The molecule has 0 fully saturated rings. The van der Waals surface area contributed by atoms with Gasteiger partial charge in [0.05, 0.1) is 12.7 Å². The second kappa shape index (κ2) is 6.09. The lowest BCUT2D eigenvalue weighted by molar-refractivity contribution is -0.135. The van der Waals surface area contributed by atoms with Gasteiger partial charge >= 0.3 is 5.97 Å². The van der Waals surface area contributed by atoms with Gasteiger partial charge in [-0.15, -0.1) is 0 Å². The van der Waals surface area contributed by atoms with E-state index in [-0.39, 0.29) is 0 Å². The molecule has 0 amide bonds. The first-order valence-corrected chi connectivity index (χ1v) is 3.29. The summed E-state index contributed by atoms with van der Waals surface area (Å²) < 4.78 is 4.43.